The molecule has 0 aromatic carbocycles. The van der Waals surface area contributed by atoms with E-state index in [1.54, 1.807) is 13.2 Å². The molecule has 1 nitrogen and oxygen atoms in total. The molecule has 0 amide bonds. The van der Waals surface area contributed by atoms with E-state index >= 15 is 0 Å². The van der Waals surface area contributed by atoms with E-state index in [0.717, 1.165) is 0 Å². The first-order chi connectivity index (χ1) is 4.61. The fourth-order valence-corrected chi connectivity index (χ4v) is 1.30. The van der Waals surface area contributed by atoms with Crippen molar-refractivity contribution in [2.45, 2.75) is 6.43 Å². The van der Waals surface area contributed by atoms with Gasteiger partial charge in [-0.05, 0) is 22.0 Å². The highest BCUT2D eigenvalue weighted by Gasteiger charge is 2.11. The smallest absolute Gasteiger partial charge is 0.278 e. The Morgan fingerprint density at radius 1 is 1.60 bits per heavy atom. The van der Waals surface area contributed by atoms with Crippen molar-refractivity contribution < 1.29 is 8.78 Å². The molecule has 0 saturated carbocycles. The molecule has 0 unspecified atom stereocenters. The molecule has 1 aromatic heterocycles. The predicted molar refractivity (Wildman–Crippen MR) is 38.1 cm³/mol. The van der Waals surface area contributed by atoms with Crippen LogP contribution in [0, 0.1) is 0 Å². The Balaban J connectivity index is 3.03. The van der Waals surface area contributed by atoms with E-state index < -0.39 is 6.43 Å². The highest BCUT2D eigenvalue weighted by atomic mass is 79.9. The van der Waals surface area contributed by atoms with E-state index in [2.05, 4.69) is 15.9 Å². The van der Waals surface area contributed by atoms with Crippen LogP contribution in [0.5, 0.6) is 0 Å². The molecule has 0 atom stereocenters. The summed E-state index contributed by atoms with van der Waals surface area (Å²) in [6, 6.07) is 1.41. The van der Waals surface area contributed by atoms with Crippen LogP contribution in [0.25, 0.3) is 0 Å². The maximum atomic E-state index is 12.0. The summed E-state index contributed by atoms with van der Waals surface area (Å²) in [5.74, 6) is 0. The molecule has 0 saturated heterocycles. The normalized spacial score (nSPS) is 10.9. The summed E-state index contributed by atoms with van der Waals surface area (Å²) < 4.78 is 26.1. The van der Waals surface area contributed by atoms with Gasteiger partial charge in [0.2, 0.25) is 0 Å². The summed E-state index contributed by atoms with van der Waals surface area (Å²) in [6.45, 7) is 0. The zero-order valence-corrected chi connectivity index (χ0v) is 6.90. The van der Waals surface area contributed by atoms with Gasteiger partial charge in [0.05, 0.1) is 5.69 Å². The van der Waals surface area contributed by atoms with Gasteiger partial charge in [-0.3, -0.25) is 0 Å². The standard InChI is InChI=1S/C6H6BrF2N/c1-10-3-4(7)2-5(10)6(8)9/h2-3,6H,1H3. The summed E-state index contributed by atoms with van der Waals surface area (Å²) in [6.07, 6.45) is -0.794. The molecule has 0 aliphatic rings. The van der Waals surface area contributed by atoms with Gasteiger partial charge in [-0.2, -0.15) is 0 Å². The van der Waals surface area contributed by atoms with E-state index in [-0.39, 0.29) is 5.69 Å². The van der Waals surface area contributed by atoms with Gasteiger partial charge in [-0.1, -0.05) is 0 Å². The molecule has 0 radical (unpaired) electrons. The monoisotopic (exact) mass is 209 g/mol. The fraction of sp³-hybridized carbons (Fsp3) is 0.333. The first-order valence-corrected chi connectivity index (χ1v) is 3.50. The van der Waals surface area contributed by atoms with E-state index in [1.165, 1.54) is 10.6 Å². The molecule has 1 aromatic rings. The molecular formula is C6H6BrF2N. The Labute approximate surface area is 65.8 Å². The summed E-state index contributed by atoms with van der Waals surface area (Å²) in [5, 5.41) is 0. The van der Waals surface area contributed by atoms with Gasteiger partial charge in [-0.25, -0.2) is 8.78 Å². The van der Waals surface area contributed by atoms with Crippen LogP contribution in [0.1, 0.15) is 12.1 Å². The Bertz CT molecular complexity index is 232. The topological polar surface area (TPSA) is 4.93 Å². The summed E-state index contributed by atoms with van der Waals surface area (Å²) in [5.41, 5.74) is 0.0341. The maximum absolute atomic E-state index is 12.0. The quantitative estimate of drug-likeness (QED) is 0.671. The second-order valence-electron chi connectivity index (χ2n) is 1.99. The number of nitrogens with zero attached hydrogens (tertiary/aromatic N) is 1. The Morgan fingerprint density at radius 3 is 2.40 bits per heavy atom. The second kappa shape index (κ2) is 2.70. The third-order valence-electron chi connectivity index (χ3n) is 1.23. The third kappa shape index (κ3) is 1.37. The molecule has 0 spiro atoms. The van der Waals surface area contributed by atoms with Crippen molar-refractivity contribution in [2.24, 2.45) is 7.05 Å². The minimum atomic E-state index is -2.39. The van der Waals surface area contributed by atoms with Crippen LogP contribution < -0.4 is 0 Å². The van der Waals surface area contributed by atoms with Crippen LogP contribution >= 0.6 is 15.9 Å². The largest absolute Gasteiger partial charge is 0.349 e. The van der Waals surface area contributed by atoms with Crippen molar-refractivity contribution in [3.63, 3.8) is 0 Å². The molecule has 0 aliphatic carbocycles. The van der Waals surface area contributed by atoms with Crippen molar-refractivity contribution in [2.75, 3.05) is 0 Å². The molecule has 0 fully saturated rings. The minimum Gasteiger partial charge on any atom is -0.349 e. The van der Waals surface area contributed by atoms with Crippen LogP contribution in [0.3, 0.4) is 0 Å². The predicted octanol–water partition coefficient (Wildman–Crippen LogP) is 2.73. The number of aryl methyl sites for hydroxylation is 1. The van der Waals surface area contributed by atoms with E-state index in [1.807, 2.05) is 0 Å². The van der Waals surface area contributed by atoms with Crippen molar-refractivity contribution >= 4 is 15.9 Å². The first-order valence-electron chi connectivity index (χ1n) is 2.71. The number of aromatic nitrogens is 1. The highest BCUT2D eigenvalue weighted by molar-refractivity contribution is 9.10. The van der Waals surface area contributed by atoms with E-state index in [0.29, 0.717) is 4.47 Å². The van der Waals surface area contributed by atoms with E-state index in [9.17, 15) is 8.78 Å². The van der Waals surface area contributed by atoms with Gasteiger partial charge in [0, 0.05) is 17.7 Å². The molecule has 1 rings (SSSR count). The zero-order valence-electron chi connectivity index (χ0n) is 5.31. The lowest BCUT2D eigenvalue weighted by Crippen LogP contribution is -1.93. The molecule has 0 aliphatic heterocycles. The third-order valence-corrected chi connectivity index (χ3v) is 1.67. The van der Waals surface area contributed by atoms with Gasteiger partial charge in [-0.15, -0.1) is 0 Å². The van der Waals surface area contributed by atoms with Gasteiger partial charge in [0.15, 0.2) is 0 Å². The lowest BCUT2D eigenvalue weighted by Gasteiger charge is -1.98. The summed E-state index contributed by atoms with van der Waals surface area (Å²) in [7, 11) is 1.59. The first kappa shape index (κ1) is 7.72. The molecule has 4 heteroatoms. The van der Waals surface area contributed by atoms with Gasteiger partial charge < -0.3 is 4.57 Å². The maximum Gasteiger partial charge on any atom is 0.278 e. The van der Waals surface area contributed by atoms with Crippen molar-refractivity contribution in [3.8, 4) is 0 Å². The molecule has 10 heavy (non-hydrogen) atoms. The number of hydrogen-bond acceptors (Lipinski definition) is 0. The van der Waals surface area contributed by atoms with Gasteiger partial charge in [0.25, 0.3) is 6.43 Å². The lowest BCUT2D eigenvalue weighted by molar-refractivity contribution is 0.142. The molecule has 0 N–H and O–H groups in total. The summed E-state index contributed by atoms with van der Waals surface area (Å²) >= 11 is 3.10. The molecule has 1 heterocycles. The SMILES string of the molecule is Cn1cc(Br)cc1C(F)F. The Hall–Kier alpha value is -0.380. The van der Waals surface area contributed by atoms with Crippen LogP contribution in [0.15, 0.2) is 16.7 Å². The van der Waals surface area contributed by atoms with Crippen molar-refractivity contribution in [1.82, 2.24) is 4.57 Å². The summed E-state index contributed by atoms with van der Waals surface area (Å²) in [4.78, 5) is 0. The minimum absolute atomic E-state index is 0.0341. The van der Waals surface area contributed by atoms with Crippen LogP contribution in [-0.2, 0) is 7.05 Å². The van der Waals surface area contributed by atoms with E-state index in [4.69, 9.17) is 0 Å². The zero-order chi connectivity index (χ0) is 7.72. The fourth-order valence-electron chi connectivity index (χ4n) is 0.757. The number of hydrogen-bond donors (Lipinski definition) is 0. The second-order valence-corrected chi connectivity index (χ2v) is 2.91. The van der Waals surface area contributed by atoms with Crippen LogP contribution in [0.2, 0.25) is 0 Å². The Morgan fingerprint density at radius 2 is 2.20 bits per heavy atom. The van der Waals surface area contributed by atoms with Crippen molar-refractivity contribution in [1.29, 1.82) is 0 Å². The van der Waals surface area contributed by atoms with Crippen LogP contribution in [-0.4, -0.2) is 4.57 Å². The number of halogens is 3. The highest BCUT2D eigenvalue weighted by Crippen LogP contribution is 2.22. The average Bonchev–Trinajstić information content (AvgIpc) is 2.10. The average molecular weight is 210 g/mol. The van der Waals surface area contributed by atoms with Gasteiger partial charge >= 0.3 is 0 Å². The lowest BCUT2D eigenvalue weighted by atomic mass is 10.4. The van der Waals surface area contributed by atoms with Crippen LogP contribution in [0.4, 0.5) is 8.78 Å². The molecule has 0 bridgehead atoms. The number of rotatable bonds is 1. The molecule has 56 valence electrons. The molecular weight excluding hydrogens is 204 g/mol. The Kier molecular flexibility index (Phi) is 2.08. The number of alkyl halides is 2. The van der Waals surface area contributed by atoms with Crippen molar-refractivity contribution in [3.05, 3.63) is 22.4 Å². The van der Waals surface area contributed by atoms with Gasteiger partial charge in [0.1, 0.15) is 0 Å².